The minimum atomic E-state index is -2.23. The second-order valence-electron chi connectivity index (χ2n) is 11.1. The summed E-state index contributed by atoms with van der Waals surface area (Å²) in [6.45, 7) is 15.8. The Bertz CT molecular complexity index is 884. The number of ether oxygens (including phenoxy) is 2. The lowest BCUT2D eigenvalue weighted by atomic mass is 10.1. The standard InChI is InChI=1S/C27H46O5Si3/c1-22-14-15-23(20-26(22)29-2)12-10-18-33(4,5)31-35(8,9)32-34(6,7)19-11-13-24-16-17-25(28)27(21-24)30-3/h14-17,20-21,28H,10-13,18-19H2,1-9H3. The van der Waals surface area contributed by atoms with Gasteiger partial charge in [0.25, 0.3) is 0 Å². The van der Waals surface area contributed by atoms with Gasteiger partial charge in [-0.15, -0.1) is 0 Å². The van der Waals surface area contributed by atoms with Crippen LogP contribution in [0.3, 0.4) is 0 Å². The molecule has 0 atom stereocenters. The number of hydrogen-bond donors (Lipinski definition) is 1. The molecule has 8 heteroatoms. The number of hydrogen-bond acceptors (Lipinski definition) is 5. The van der Waals surface area contributed by atoms with Crippen molar-refractivity contribution in [1.82, 2.24) is 0 Å². The summed E-state index contributed by atoms with van der Waals surface area (Å²) in [6.07, 6.45) is 4.16. The molecule has 0 spiro atoms. The molecule has 0 saturated heterocycles. The zero-order chi connectivity index (χ0) is 26.3. The minimum absolute atomic E-state index is 0.185. The number of benzene rings is 2. The molecule has 0 radical (unpaired) electrons. The van der Waals surface area contributed by atoms with Gasteiger partial charge in [-0.05, 0) is 119 Å². The molecule has 2 rings (SSSR count). The molecule has 196 valence electrons. The predicted molar refractivity (Wildman–Crippen MR) is 153 cm³/mol. The average molecular weight is 535 g/mol. The number of rotatable bonds is 14. The first-order chi connectivity index (χ1) is 16.3. The van der Waals surface area contributed by atoms with Gasteiger partial charge in [-0.3, -0.25) is 0 Å². The summed E-state index contributed by atoms with van der Waals surface area (Å²) >= 11 is 0. The quantitative estimate of drug-likeness (QED) is 0.255. The molecule has 0 aliphatic rings. The second-order valence-corrected chi connectivity index (χ2v) is 23.6. The molecule has 0 bridgehead atoms. The molecule has 5 nitrogen and oxygen atoms in total. The van der Waals surface area contributed by atoms with Gasteiger partial charge in [0, 0.05) is 0 Å². The van der Waals surface area contributed by atoms with E-state index in [4.69, 9.17) is 17.7 Å². The Morgan fingerprint density at radius 2 is 1.14 bits per heavy atom. The Labute approximate surface area is 216 Å². The van der Waals surface area contributed by atoms with Crippen LogP contribution in [0.25, 0.3) is 0 Å². The van der Waals surface area contributed by atoms with Crippen LogP contribution in [-0.4, -0.2) is 44.5 Å². The molecule has 0 aromatic heterocycles. The lowest BCUT2D eigenvalue weighted by molar-refractivity contribution is 0.373. The first-order valence-electron chi connectivity index (χ1n) is 12.7. The van der Waals surface area contributed by atoms with Gasteiger partial charge in [0.2, 0.25) is 0 Å². The zero-order valence-electron chi connectivity index (χ0n) is 23.3. The molecule has 0 aliphatic heterocycles. The van der Waals surface area contributed by atoms with E-state index in [2.05, 4.69) is 64.4 Å². The van der Waals surface area contributed by atoms with Crippen LogP contribution >= 0.6 is 0 Å². The fourth-order valence-electron chi connectivity index (χ4n) is 4.79. The second kappa shape index (κ2) is 12.6. The Morgan fingerprint density at radius 3 is 1.63 bits per heavy atom. The van der Waals surface area contributed by atoms with E-state index in [0.717, 1.165) is 43.5 Å². The molecule has 0 aliphatic carbocycles. The number of aryl methyl sites for hydroxylation is 3. The van der Waals surface area contributed by atoms with Gasteiger partial charge in [0.1, 0.15) is 5.75 Å². The van der Waals surface area contributed by atoms with E-state index >= 15 is 0 Å². The van der Waals surface area contributed by atoms with E-state index in [1.165, 1.54) is 16.7 Å². The summed E-state index contributed by atoms with van der Waals surface area (Å²) in [7, 11) is -2.60. The Kier molecular flexibility index (Phi) is 10.7. The summed E-state index contributed by atoms with van der Waals surface area (Å²) in [4.78, 5) is 0. The van der Waals surface area contributed by atoms with Crippen molar-refractivity contribution in [2.45, 2.75) is 84.0 Å². The lowest BCUT2D eigenvalue weighted by Gasteiger charge is -2.39. The van der Waals surface area contributed by atoms with Gasteiger partial charge in [-0.2, -0.15) is 0 Å². The van der Waals surface area contributed by atoms with Gasteiger partial charge in [0.15, 0.2) is 28.1 Å². The molecule has 2 aromatic rings. The SMILES string of the molecule is COc1cc(CCC[Si](C)(C)O[Si](C)(C)O[Si](C)(C)CCCc2ccc(O)c(OC)c2)ccc1C. The van der Waals surface area contributed by atoms with Gasteiger partial charge in [0.05, 0.1) is 14.2 Å². The molecule has 35 heavy (non-hydrogen) atoms. The molecule has 0 unspecified atom stereocenters. The predicted octanol–water partition coefficient (Wildman–Crippen LogP) is 7.43. The molecule has 0 fully saturated rings. The van der Waals surface area contributed by atoms with Crippen molar-refractivity contribution in [2.24, 2.45) is 0 Å². The monoisotopic (exact) mass is 534 g/mol. The third-order valence-electron chi connectivity index (χ3n) is 6.25. The molecular weight excluding hydrogens is 489 g/mol. The number of aromatic hydroxyl groups is 1. The van der Waals surface area contributed by atoms with Crippen LogP contribution in [0.4, 0.5) is 0 Å². The van der Waals surface area contributed by atoms with E-state index in [1.54, 1.807) is 20.3 Å². The van der Waals surface area contributed by atoms with Crippen LogP contribution in [0.1, 0.15) is 29.5 Å². The highest BCUT2D eigenvalue weighted by molar-refractivity contribution is 6.87. The van der Waals surface area contributed by atoms with Crippen molar-refractivity contribution < 1.29 is 22.8 Å². The minimum Gasteiger partial charge on any atom is -0.504 e. The van der Waals surface area contributed by atoms with E-state index < -0.39 is 25.2 Å². The summed E-state index contributed by atoms with van der Waals surface area (Å²) in [5.41, 5.74) is 3.68. The van der Waals surface area contributed by atoms with E-state index in [0.29, 0.717) is 5.75 Å². The Morgan fingerprint density at radius 1 is 0.686 bits per heavy atom. The molecule has 2 aromatic carbocycles. The van der Waals surface area contributed by atoms with Crippen LogP contribution in [0.5, 0.6) is 17.2 Å². The van der Waals surface area contributed by atoms with Gasteiger partial charge in [-0.25, -0.2) is 0 Å². The van der Waals surface area contributed by atoms with Gasteiger partial charge in [-0.1, -0.05) is 18.2 Å². The summed E-state index contributed by atoms with van der Waals surface area (Å²) in [5, 5.41) is 9.80. The van der Waals surface area contributed by atoms with Crippen LogP contribution < -0.4 is 9.47 Å². The summed E-state index contributed by atoms with van der Waals surface area (Å²) in [5.74, 6) is 1.68. The van der Waals surface area contributed by atoms with Crippen molar-refractivity contribution >= 4 is 25.2 Å². The number of phenols is 1. The van der Waals surface area contributed by atoms with Crippen molar-refractivity contribution in [3.8, 4) is 17.2 Å². The highest BCUT2D eigenvalue weighted by atomic mass is 28.5. The molecule has 0 amide bonds. The fraction of sp³-hybridized carbons (Fsp3) is 0.556. The average Bonchev–Trinajstić information content (AvgIpc) is 2.74. The third-order valence-corrected chi connectivity index (χ3v) is 17.7. The van der Waals surface area contributed by atoms with Crippen molar-refractivity contribution in [3.05, 3.63) is 53.1 Å². The number of methoxy groups -OCH3 is 2. The first kappa shape index (κ1) is 29.6. The van der Waals surface area contributed by atoms with Crippen LogP contribution in [-0.2, 0) is 21.1 Å². The van der Waals surface area contributed by atoms with Crippen LogP contribution in [0.2, 0.25) is 51.4 Å². The summed E-state index contributed by atoms with van der Waals surface area (Å²) < 4.78 is 24.3. The topological polar surface area (TPSA) is 57.2 Å². The maximum atomic E-state index is 9.80. The van der Waals surface area contributed by atoms with Crippen LogP contribution in [0.15, 0.2) is 36.4 Å². The highest BCUT2D eigenvalue weighted by Crippen LogP contribution is 2.29. The van der Waals surface area contributed by atoms with Crippen molar-refractivity contribution in [3.63, 3.8) is 0 Å². The van der Waals surface area contributed by atoms with E-state index in [1.807, 2.05) is 12.1 Å². The summed E-state index contributed by atoms with van der Waals surface area (Å²) in [6, 6.07) is 14.3. The molecular formula is C27H46O5Si3. The highest BCUT2D eigenvalue weighted by Gasteiger charge is 2.39. The lowest BCUT2D eigenvalue weighted by Crippen LogP contribution is -2.52. The third kappa shape index (κ3) is 10.1. The fourth-order valence-corrected chi connectivity index (χ4v) is 18.8. The van der Waals surface area contributed by atoms with Crippen molar-refractivity contribution in [1.29, 1.82) is 0 Å². The first-order valence-corrected chi connectivity index (χ1v) is 21.7. The van der Waals surface area contributed by atoms with Gasteiger partial charge < -0.3 is 22.8 Å². The molecule has 0 saturated carbocycles. The maximum absolute atomic E-state index is 9.80. The molecule has 0 heterocycles. The van der Waals surface area contributed by atoms with Gasteiger partial charge >= 0.3 is 8.56 Å². The Balaban J connectivity index is 1.83. The normalized spacial score (nSPS) is 12.6. The van der Waals surface area contributed by atoms with E-state index in [-0.39, 0.29) is 5.75 Å². The zero-order valence-corrected chi connectivity index (χ0v) is 26.3. The van der Waals surface area contributed by atoms with Crippen LogP contribution in [0, 0.1) is 6.92 Å². The van der Waals surface area contributed by atoms with E-state index in [9.17, 15) is 5.11 Å². The smallest absolute Gasteiger partial charge is 0.311 e. The maximum Gasteiger partial charge on any atom is 0.311 e. The largest absolute Gasteiger partial charge is 0.504 e. The number of phenolic OH excluding ortho intramolecular Hbond substituents is 1. The molecule has 1 N–H and O–H groups in total. The van der Waals surface area contributed by atoms with Crippen molar-refractivity contribution in [2.75, 3.05) is 14.2 Å². The Hall–Kier alpha value is -1.59.